The molecule has 25 heavy (non-hydrogen) atoms. The normalized spacial score (nSPS) is 11.4. The average molecular weight is 406 g/mol. The van der Waals surface area contributed by atoms with Crippen molar-refractivity contribution in [1.29, 1.82) is 0 Å². The quantitative estimate of drug-likeness (QED) is 0.638. The van der Waals surface area contributed by atoms with Gasteiger partial charge in [-0.3, -0.25) is 9.59 Å². The van der Waals surface area contributed by atoms with Gasteiger partial charge in [-0.1, -0.05) is 6.07 Å². The molecule has 1 aromatic heterocycles. The van der Waals surface area contributed by atoms with Crippen molar-refractivity contribution < 1.29 is 19.5 Å². The molecule has 0 bridgehead atoms. The van der Waals surface area contributed by atoms with Crippen LogP contribution in [0.2, 0.25) is 0 Å². The molecule has 0 aliphatic heterocycles. The highest BCUT2D eigenvalue weighted by Crippen LogP contribution is 2.15. The van der Waals surface area contributed by atoms with Gasteiger partial charge in [-0.05, 0) is 51.8 Å². The summed E-state index contributed by atoms with van der Waals surface area (Å²) in [7, 11) is 0. The van der Waals surface area contributed by atoms with Crippen molar-refractivity contribution in [3.05, 3.63) is 58.3 Å². The number of carbonyl (C=O) groups is 3. The molecule has 0 unspecified atom stereocenters. The Hall–Kier alpha value is -2.74. The van der Waals surface area contributed by atoms with Crippen LogP contribution in [0.25, 0.3) is 0 Å². The molecule has 0 saturated heterocycles. The lowest BCUT2D eigenvalue weighted by atomic mass is 10.1. The number of amides is 2. The van der Waals surface area contributed by atoms with Crippen molar-refractivity contribution in [2.45, 2.75) is 19.4 Å². The van der Waals surface area contributed by atoms with E-state index in [2.05, 4.69) is 31.5 Å². The van der Waals surface area contributed by atoms with E-state index in [-0.39, 0.29) is 12.3 Å². The van der Waals surface area contributed by atoms with E-state index < -0.39 is 17.9 Å². The second kappa shape index (κ2) is 8.39. The van der Waals surface area contributed by atoms with Gasteiger partial charge in [0.1, 0.15) is 10.6 Å². The van der Waals surface area contributed by atoms with Crippen molar-refractivity contribution in [1.82, 2.24) is 10.3 Å². The number of rotatable bonds is 6. The number of hydrogen-bond acceptors (Lipinski definition) is 4. The zero-order valence-electron chi connectivity index (χ0n) is 13.3. The third-order valence-electron chi connectivity index (χ3n) is 3.33. The Kier molecular flexibility index (Phi) is 6.24. The number of carboxylic acid groups (broad SMARTS) is 1. The minimum Gasteiger partial charge on any atom is -0.480 e. The molecule has 2 amide bonds. The van der Waals surface area contributed by atoms with E-state index in [1.165, 1.54) is 19.1 Å². The predicted octanol–water partition coefficient (Wildman–Crippen LogP) is 2.23. The van der Waals surface area contributed by atoms with Gasteiger partial charge in [0, 0.05) is 30.8 Å². The Morgan fingerprint density at radius 3 is 2.44 bits per heavy atom. The number of nitrogens with zero attached hydrogens (tertiary/aromatic N) is 1. The molecule has 3 N–H and O–H groups in total. The van der Waals surface area contributed by atoms with E-state index in [1.807, 2.05) is 0 Å². The Labute approximate surface area is 152 Å². The number of aliphatic carboxylic acids is 1. The van der Waals surface area contributed by atoms with E-state index >= 15 is 0 Å². The van der Waals surface area contributed by atoms with E-state index in [0.717, 1.165) is 0 Å². The maximum absolute atomic E-state index is 12.3. The lowest BCUT2D eigenvalue weighted by molar-refractivity contribution is -0.139. The lowest BCUT2D eigenvalue weighted by Gasteiger charge is -2.15. The number of carbonyl (C=O) groups excluding carboxylic acids is 2. The fourth-order valence-electron chi connectivity index (χ4n) is 2.14. The summed E-state index contributed by atoms with van der Waals surface area (Å²) in [5, 5.41) is 14.5. The van der Waals surface area contributed by atoms with Crippen LogP contribution in [0.3, 0.4) is 0 Å². The van der Waals surface area contributed by atoms with Gasteiger partial charge in [0.2, 0.25) is 5.91 Å². The van der Waals surface area contributed by atoms with Gasteiger partial charge in [0.05, 0.1) is 0 Å². The number of aromatic nitrogens is 1. The van der Waals surface area contributed by atoms with Gasteiger partial charge in [0.25, 0.3) is 5.91 Å². The van der Waals surface area contributed by atoms with E-state index in [0.29, 0.717) is 21.4 Å². The fourth-order valence-corrected chi connectivity index (χ4v) is 2.55. The molecule has 0 aliphatic carbocycles. The number of halogens is 1. The first-order chi connectivity index (χ1) is 11.9. The Morgan fingerprint density at radius 1 is 1.20 bits per heavy atom. The molecule has 0 aliphatic rings. The number of pyridine rings is 1. The van der Waals surface area contributed by atoms with Crippen LogP contribution in [0, 0.1) is 0 Å². The summed E-state index contributed by atoms with van der Waals surface area (Å²) in [5.74, 6) is -1.87. The summed E-state index contributed by atoms with van der Waals surface area (Å²) >= 11 is 3.26. The van der Waals surface area contributed by atoms with Crippen LogP contribution in [-0.2, 0) is 16.0 Å². The zero-order chi connectivity index (χ0) is 18.4. The molecule has 2 rings (SSSR count). The van der Waals surface area contributed by atoms with E-state index in [1.54, 1.807) is 30.5 Å². The zero-order valence-corrected chi connectivity index (χ0v) is 14.9. The second-order valence-electron chi connectivity index (χ2n) is 5.28. The number of hydrogen-bond donors (Lipinski definition) is 3. The summed E-state index contributed by atoms with van der Waals surface area (Å²) in [5.41, 5.74) is 1.53. The van der Waals surface area contributed by atoms with Crippen LogP contribution in [0.5, 0.6) is 0 Å². The summed E-state index contributed by atoms with van der Waals surface area (Å²) in [6.07, 6.45) is 1.68. The van der Waals surface area contributed by atoms with Crippen molar-refractivity contribution in [3.8, 4) is 0 Å². The van der Waals surface area contributed by atoms with E-state index in [9.17, 15) is 19.5 Å². The molecular weight excluding hydrogens is 390 g/mol. The lowest BCUT2D eigenvalue weighted by Crippen LogP contribution is -2.42. The van der Waals surface area contributed by atoms with E-state index in [4.69, 9.17) is 0 Å². The molecule has 1 heterocycles. The maximum Gasteiger partial charge on any atom is 0.326 e. The van der Waals surface area contributed by atoms with Crippen LogP contribution < -0.4 is 10.6 Å². The summed E-state index contributed by atoms with van der Waals surface area (Å²) in [4.78, 5) is 38.8. The summed E-state index contributed by atoms with van der Waals surface area (Å²) < 4.78 is 0.537. The van der Waals surface area contributed by atoms with Crippen LogP contribution >= 0.6 is 15.9 Å². The van der Waals surface area contributed by atoms with Gasteiger partial charge >= 0.3 is 5.97 Å². The number of anilines is 1. The number of nitrogens with one attached hydrogen (secondary N) is 2. The van der Waals surface area contributed by atoms with Crippen LogP contribution in [0.1, 0.15) is 22.8 Å². The van der Waals surface area contributed by atoms with Crippen LogP contribution in [0.4, 0.5) is 5.69 Å². The molecule has 1 aromatic carbocycles. The molecule has 8 heteroatoms. The van der Waals surface area contributed by atoms with Gasteiger partial charge in [-0.2, -0.15) is 0 Å². The minimum absolute atomic E-state index is 0.0967. The molecule has 7 nitrogen and oxygen atoms in total. The molecule has 0 radical (unpaired) electrons. The van der Waals surface area contributed by atoms with Gasteiger partial charge in [-0.15, -0.1) is 0 Å². The van der Waals surface area contributed by atoms with Crippen molar-refractivity contribution in [2.75, 3.05) is 5.32 Å². The Morgan fingerprint density at radius 2 is 1.88 bits per heavy atom. The first kappa shape index (κ1) is 18.6. The summed E-state index contributed by atoms with van der Waals surface area (Å²) in [6.45, 7) is 1.38. The van der Waals surface area contributed by atoms with Gasteiger partial charge in [-0.25, -0.2) is 9.78 Å². The topological polar surface area (TPSA) is 108 Å². The molecule has 0 fully saturated rings. The molecule has 0 saturated carbocycles. The highest BCUT2D eigenvalue weighted by atomic mass is 79.9. The predicted molar refractivity (Wildman–Crippen MR) is 95.3 cm³/mol. The van der Waals surface area contributed by atoms with Crippen LogP contribution in [0.15, 0.2) is 47.2 Å². The van der Waals surface area contributed by atoms with Crippen LogP contribution in [-0.4, -0.2) is 33.9 Å². The van der Waals surface area contributed by atoms with Gasteiger partial charge < -0.3 is 15.7 Å². The third kappa shape index (κ3) is 5.39. The number of benzene rings is 1. The fraction of sp³-hybridized carbons (Fsp3) is 0.176. The monoisotopic (exact) mass is 405 g/mol. The summed E-state index contributed by atoms with van der Waals surface area (Å²) in [6, 6.07) is 8.51. The second-order valence-corrected chi connectivity index (χ2v) is 6.03. The van der Waals surface area contributed by atoms with Gasteiger partial charge in [0.15, 0.2) is 0 Å². The molecule has 0 spiro atoms. The molecule has 130 valence electrons. The number of carboxylic acids is 1. The molecular formula is C17H16BrN3O4. The molecule has 2 aromatic rings. The van der Waals surface area contributed by atoms with Crippen molar-refractivity contribution in [2.24, 2.45) is 0 Å². The average Bonchev–Trinajstić information content (AvgIpc) is 2.56. The smallest absolute Gasteiger partial charge is 0.326 e. The first-order valence-corrected chi connectivity index (χ1v) is 8.17. The Balaban J connectivity index is 2.08. The maximum atomic E-state index is 12.3. The minimum atomic E-state index is -1.14. The third-order valence-corrected chi connectivity index (χ3v) is 4.05. The first-order valence-electron chi connectivity index (χ1n) is 7.37. The van der Waals surface area contributed by atoms with Crippen molar-refractivity contribution >= 4 is 39.4 Å². The van der Waals surface area contributed by atoms with Crippen molar-refractivity contribution in [3.63, 3.8) is 0 Å². The SMILES string of the molecule is CC(=O)Nc1ccc(C(=O)N[C@@H](Cc2cccnc2Br)C(=O)O)cc1. The highest BCUT2D eigenvalue weighted by molar-refractivity contribution is 9.10. The highest BCUT2D eigenvalue weighted by Gasteiger charge is 2.22. The largest absolute Gasteiger partial charge is 0.480 e. The standard InChI is InChI=1S/C17H16BrN3O4/c1-10(22)20-13-6-4-11(5-7-13)16(23)21-14(17(24)25)9-12-3-2-8-19-15(12)18/h2-8,14H,9H2,1H3,(H,20,22)(H,21,23)(H,24,25)/t14-/m0/s1. The molecule has 1 atom stereocenters. The Bertz CT molecular complexity index is 793.